The van der Waals surface area contributed by atoms with Gasteiger partial charge in [0.25, 0.3) is 0 Å². The average molecular weight is 252 g/mol. The Labute approximate surface area is 112 Å². The van der Waals surface area contributed by atoms with Crippen LogP contribution in [0.2, 0.25) is 0 Å². The lowest BCUT2D eigenvalue weighted by molar-refractivity contribution is 0.654. The molecule has 0 bridgehead atoms. The Kier molecular flexibility index (Phi) is 3.30. The maximum Gasteiger partial charge on any atom is 0.0991 e. The van der Waals surface area contributed by atoms with Gasteiger partial charge in [-0.3, -0.25) is 0 Å². The Hall–Kier alpha value is -2.12. The highest BCUT2D eigenvalue weighted by Gasteiger charge is 2.20. The van der Waals surface area contributed by atoms with Gasteiger partial charge in [-0.05, 0) is 30.7 Å². The number of imidazole rings is 1. The van der Waals surface area contributed by atoms with Crippen molar-refractivity contribution in [1.29, 1.82) is 5.26 Å². The lowest BCUT2D eigenvalue weighted by Gasteiger charge is -2.13. The normalized spacial score (nSPS) is 18.4. The fraction of sp³-hybridized carbons (Fsp3) is 0.333. The molecule has 1 aromatic heterocycles. The van der Waals surface area contributed by atoms with E-state index in [2.05, 4.69) is 27.0 Å². The van der Waals surface area contributed by atoms with Gasteiger partial charge >= 0.3 is 0 Å². The van der Waals surface area contributed by atoms with Gasteiger partial charge in [0.1, 0.15) is 0 Å². The quantitative estimate of drug-likeness (QED) is 0.907. The Morgan fingerprint density at radius 3 is 3.21 bits per heavy atom. The second-order valence-corrected chi connectivity index (χ2v) is 4.95. The van der Waals surface area contributed by atoms with Gasteiger partial charge in [-0.1, -0.05) is 12.1 Å². The number of nitrogens with zero attached hydrogens (tertiary/aromatic N) is 3. The Balaban J connectivity index is 1.83. The van der Waals surface area contributed by atoms with E-state index in [0.717, 1.165) is 25.2 Å². The standard InChI is InChI=1S/C15H16N4/c16-7-12-2-1-3-13(6-12)10-19-11-18-9-15(19)14-4-5-17-8-14/h1-3,6,9,11,14,17H,4-5,8,10H2. The highest BCUT2D eigenvalue weighted by molar-refractivity contribution is 5.33. The van der Waals surface area contributed by atoms with Crippen molar-refractivity contribution in [3.63, 3.8) is 0 Å². The van der Waals surface area contributed by atoms with E-state index < -0.39 is 0 Å². The summed E-state index contributed by atoms with van der Waals surface area (Å²) in [4.78, 5) is 4.28. The summed E-state index contributed by atoms with van der Waals surface area (Å²) in [6, 6.07) is 9.94. The molecule has 19 heavy (non-hydrogen) atoms. The topological polar surface area (TPSA) is 53.6 Å². The highest BCUT2D eigenvalue weighted by Crippen LogP contribution is 2.22. The molecule has 1 aliphatic rings. The molecule has 0 radical (unpaired) electrons. The largest absolute Gasteiger partial charge is 0.330 e. The second kappa shape index (κ2) is 5.25. The van der Waals surface area contributed by atoms with Gasteiger partial charge in [0.2, 0.25) is 0 Å². The monoisotopic (exact) mass is 252 g/mol. The zero-order valence-corrected chi connectivity index (χ0v) is 10.7. The molecule has 1 N–H and O–H groups in total. The summed E-state index contributed by atoms with van der Waals surface area (Å²) in [7, 11) is 0. The first-order valence-corrected chi connectivity index (χ1v) is 6.56. The summed E-state index contributed by atoms with van der Waals surface area (Å²) in [5.74, 6) is 0.557. The van der Waals surface area contributed by atoms with E-state index in [4.69, 9.17) is 5.26 Å². The van der Waals surface area contributed by atoms with Gasteiger partial charge in [-0.15, -0.1) is 0 Å². The van der Waals surface area contributed by atoms with Crippen LogP contribution >= 0.6 is 0 Å². The van der Waals surface area contributed by atoms with Gasteiger partial charge in [0.15, 0.2) is 0 Å². The number of nitriles is 1. The smallest absolute Gasteiger partial charge is 0.0991 e. The molecule has 2 heterocycles. The van der Waals surface area contributed by atoms with Crippen LogP contribution in [0.25, 0.3) is 0 Å². The molecule has 1 saturated heterocycles. The lowest BCUT2D eigenvalue weighted by Crippen LogP contribution is -2.12. The molecular formula is C15H16N4. The first-order valence-electron chi connectivity index (χ1n) is 6.56. The third-order valence-corrected chi connectivity index (χ3v) is 3.63. The van der Waals surface area contributed by atoms with Gasteiger partial charge < -0.3 is 9.88 Å². The lowest BCUT2D eigenvalue weighted by atomic mass is 10.1. The molecule has 4 nitrogen and oxygen atoms in total. The van der Waals surface area contributed by atoms with Crippen LogP contribution in [0.1, 0.15) is 29.2 Å². The van der Waals surface area contributed by atoms with Crippen molar-refractivity contribution in [2.45, 2.75) is 18.9 Å². The second-order valence-electron chi connectivity index (χ2n) is 4.95. The van der Waals surface area contributed by atoms with Gasteiger partial charge in [0, 0.05) is 30.9 Å². The van der Waals surface area contributed by atoms with E-state index in [0.29, 0.717) is 11.5 Å². The molecule has 1 fully saturated rings. The molecule has 1 aromatic carbocycles. The van der Waals surface area contributed by atoms with E-state index in [1.165, 1.54) is 12.1 Å². The van der Waals surface area contributed by atoms with E-state index in [1.807, 2.05) is 30.7 Å². The third kappa shape index (κ3) is 2.51. The first-order chi connectivity index (χ1) is 9.36. The molecule has 96 valence electrons. The Bertz CT molecular complexity index is 603. The molecule has 0 saturated carbocycles. The molecule has 2 aromatic rings. The van der Waals surface area contributed by atoms with Crippen molar-refractivity contribution >= 4 is 0 Å². The average Bonchev–Trinajstić information content (AvgIpc) is 3.09. The summed E-state index contributed by atoms with van der Waals surface area (Å²) in [5, 5.41) is 12.3. The van der Waals surface area contributed by atoms with Gasteiger partial charge in [-0.2, -0.15) is 5.26 Å². The van der Waals surface area contributed by atoms with E-state index in [9.17, 15) is 0 Å². The molecule has 0 amide bonds. The summed E-state index contributed by atoms with van der Waals surface area (Å²) < 4.78 is 2.19. The van der Waals surface area contributed by atoms with Crippen LogP contribution in [0.15, 0.2) is 36.8 Å². The predicted octanol–water partition coefficient (Wildman–Crippen LogP) is 1.88. The number of hydrogen-bond donors (Lipinski definition) is 1. The fourth-order valence-corrected chi connectivity index (χ4v) is 2.65. The molecule has 4 heteroatoms. The third-order valence-electron chi connectivity index (χ3n) is 3.63. The van der Waals surface area contributed by atoms with Crippen LogP contribution in [0.5, 0.6) is 0 Å². The van der Waals surface area contributed by atoms with Crippen molar-refractivity contribution in [2.24, 2.45) is 0 Å². The van der Waals surface area contributed by atoms with E-state index in [-0.39, 0.29) is 0 Å². The first kappa shape index (κ1) is 11.9. The van der Waals surface area contributed by atoms with Crippen molar-refractivity contribution in [1.82, 2.24) is 14.9 Å². The number of aromatic nitrogens is 2. The van der Waals surface area contributed by atoms with Gasteiger partial charge in [-0.25, -0.2) is 4.98 Å². The molecule has 0 aliphatic carbocycles. The highest BCUT2D eigenvalue weighted by atomic mass is 15.1. The fourth-order valence-electron chi connectivity index (χ4n) is 2.65. The van der Waals surface area contributed by atoms with E-state index >= 15 is 0 Å². The van der Waals surface area contributed by atoms with Crippen LogP contribution in [0, 0.1) is 11.3 Å². The van der Waals surface area contributed by atoms with Crippen molar-refractivity contribution in [2.75, 3.05) is 13.1 Å². The molecule has 1 aliphatic heterocycles. The number of benzene rings is 1. The SMILES string of the molecule is N#Cc1cccc(Cn2cncc2C2CCNC2)c1. The number of rotatable bonds is 3. The Morgan fingerprint density at radius 2 is 2.42 bits per heavy atom. The van der Waals surface area contributed by atoms with Crippen LogP contribution in [-0.4, -0.2) is 22.6 Å². The number of hydrogen-bond acceptors (Lipinski definition) is 3. The predicted molar refractivity (Wildman–Crippen MR) is 72.7 cm³/mol. The molecule has 3 rings (SSSR count). The van der Waals surface area contributed by atoms with Crippen molar-refractivity contribution < 1.29 is 0 Å². The minimum absolute atomic E-state index is 0.557. The maximum absolute atomic E-state index is 8.94. The number of nitrogens with one attached hydrogen (secondary N) is 1. The maximum atomic E-state index is 8.94. The van der Waals surface area contributed by atoms with Crippen LogP contribution in [0.3, 0.4) is 0 Å². The minimum atomic E-state index is 0.557. The zero-order valence-electron chi connectivity index (χ0n) is 10.7. The summed E-state index contributed by atoms with van der Waals surface area (Å²) in [6.07, 6.45) is 5.02. The zero-order chi connectivity index (χ0) is 13.1. The van der Waals surface area contributed by atoms with Crippen molar-refractivity contribution in [3.8, 4) is 6.07 Å². The molecular weight excluding hydrogens is 236 g/mol. The summed E-state index contributed by atoms with van der Waals surface area (Å²) in [6.45, 7) is 2.89. The molecule has 1 atom stereocenters. The van der Waals surface area contributed by atoms with Crippen LogP contribution < -0.4 is 5.32 Å². The summed E-state index contributed by atoms with van der Waals surface area (Å²) >= 11 is 0. The van der Waals surface area contributed by atoms with Crippen LogP contribution in [-0.2, 0) is 6.54 Å². The molecule has 0 spiro atoms. The van der Waals surface area contributed by atoms with E-state index in [1.54, 1.807) is 0 Å². The van der Waals surface area contributed by atoms with Crippen molar-refractivity contribution in [3.05, 3.63) is 53.6 Å². The molecule has 1 unspecified atom stereocenters. The Morgan fingerprint density at radius 1 is 1.47 bits per heavy atom. The minimum Gasteiger partial charge on any atom is -0.330 e. The van der Waals surface area contributed by atoms with Crippen LogP contribution in [0.4, 0.5) is 0 Å². The summed E-state index contributed by atoms with van der Waals surface area (Å²) in [5.41, 5.74) is 3.14. The van der Waals surface area contributed by atoms with Gasteiger partial charge in [0.05, 0.1) is 18.0 Å².